The molecule has 1 amide bonds. The number of nitrogens with zero attached hydrogens (tertiary/aromatic N) is 1. The van der Waals surface area contributed by atoms with Crippen LogP contribution < -0.4 is 10.1 Å². The van der Waals surface area contributed by atoms with Crippen LogP contribution in [-0.4, -0.2) is 43.1 Å². The Hall–Kier alpha value is -1.55. The number of hydrogen-bond donors (Lipinski definition) is 1. The van der Waals surface area contributed by atoms with E-state index in [2.05, 4.69) is 5.32 Å². The van der Waals surface area contributed by atoms with Crippen LogP contribution >= 0.6 is 0 Å². The maximum Gasteiger partial charge on any atom is 0.254 e. The SMILES string of the molecule is Cc1cc(C(=O)N2CCNCC2)c(C)cc1OC(C)C. The number of nitrogens with one attached hydrogen (secondary N) is 1. The summed E-state index contributed by atoms with van der Waals surface area (Å²) in [7, 11) is 0. The lowest BCUT2D eigenvalue weighted by Crippen LogP contribution is -2.46. The third-order valence-corrected chi connectivity index (χ3v) is 3.52. The van der Waals surface area contributed by atoms with Crippen LogP contribution in [0.25, 0.3) is 0 Å². The van der Waals surface area contributed by atoms with Crippen LogP contribution in [0.2, 0.25) is 0 Å². The van der Waals surface area contributed by atoms with Gasteiger partial charge in [0.2, 0.25) is 0 Å². The summed E-state index contributed by atoms with van der Waals surface area (Å²) >= 11 is 0. The zero-order valence-corrected chi connectivity index (χ0v) is 12.8. The average Bonchev–Trinajstić information content (AvgIpc) is 2.42. The molecule has 1 N–H and O–H groups in total. The Bertz CT molecular complexity index is 491. The van der Waals surface area contributed by atoms with E-state index >= 15 is 0 Å². The summed E-state index contributed by atoms with van der Waals surface area (Å²) in [6, 6.07) is 3.93. The maximum absolute atomic E-state index is 12.6. The Labute approximate surface area is 121 Å². The molecule has 0 unspecified atom stereocenters. The Morgan fingerprint density at radius 2 is 1.85 bits per heavy atom. The highest BCUT2D eigenvalue weighted by Gasteiger charge is 2.20. The van der Waals surface area contributed by atoms with Crippen molar-refractivity contribution in [2.45, 2.75) is 33.8 Å². The first-order chi connectivity index (χ1) is 9.49. The van der Waals surface area contributed by atoms with Crippen molar-refractivity contribution in [3.63, 3.8) is 0 Å². The molecule has 1 aliphatic heterocycles. The molecule has 0 aromatic heterocycles. The third-order valence-electron chi connectivity index (χ3n) is 3.52. The normalized spacial score (nSPS) is 15.6. The van der Waals surface area contributed by atoms with Crippen LogP contribution in [0.5, 0.6) is 5.75 Å². The van der Waals surface area contributed by atoms with Crippen LogP contribution in [-0.2, 0) is 0 Å². The monoisotopic (exact) mass is 276 g/mol. The molecule has 4 heteroatoms. The minimum absolute atomic E-state index is 0.128. The van der Waals surface area contributed by atoms with E-state index in [9.17, 15) is 4.79 Å². The van der Waals surface area contributed by atoms with E-state index in [1.807, 2.05) is 44.7 Å². The molecule has 2 rings (SSSR count). The molecule has 0 spiro atoms. The highest BCUT2D eigenvalue weighted by atomic mass is 16.5. The lowest BCUT2D eigenvalue weighted by Gasteiger charge is -2.28. The van der Waals surface area contributed by atoms with Crippen molar-refractivity contribution in [1.82, 2.24) is 10.2 Å². The Morgan fingerprint density at radius 1 is 1.20 bits per heavy atom. The number of carbonyl (C=O) groups is 1. The van der Waals surface area contributed by atoms with Gasteiger partial charge in [0, 0.05) is 31.7 Å². The van der Waals surface area contributed by atoms with E-state index in [0.717, 1.165) is 48.6 Å². The van der Waals surface area contributed by atoms with Gasteiger partial charge >= 0.3 is 0 Å². The largest absolute Gasteiger partial charge is 0.491 e. The van der Waals surface area contributed by atoms with Crippen molar-refractivity contribution in [2.75, 3.05) is 26.2 Å². The van der Waals surface area contributed by atoms with Gasteiger partial charge in [-0.3, -0.25) is 4.79 Å². The standard InChI is InChI=1S/C16H24N2O2/c1-11(2)20-15-10-12(3)14(9-13(15)4)16(19)18-7-5-17-6-8-18/h9-11,17H,5-8H2,1-4H3. The van der Waals surface area contributed by atoms with Gasteiger partial charge in [0.05, 0.1) is 6.10 Å². The molecule has 4 nitrogen and oxygen atoms in total. The minimum atomic E-state index is 0.128. The van der Waals surface area contributed by atoms with Crippen LogP contribution in [0.15, 0.2) is 12.1 Å². The van der Waals surface area contributed by atoms with Crippen LogP contribution in [0, 0.1) is 13.8 Å². The number of rotatable bonds is 3. The fraction of sp³-hybridized carbons (Fsp3) is 0.562. The first-order valence-electron chi connectivity index (χ1n) is 7.27. The van der Waals surface area contributed by atoms with Crippen molar-refractivity contribution in [3.05, 3.63) is 28.8 Å². The molecule has 0 atom stereocenters. The van der Waals surface area contributed by atoms with E-state index < -0.39 is 0 Å². The van der Waals surface area contributed by atoms with Gasteiger partial charge in [-0.1, -0.05) is 0 Å². The Morgan fingerprint density at radius 3 is 2.45 bits per heavy atom. The Kier molecular flexibility index (Phi) is 4.65. The average molecular weight is 276 g/mol. The molecule has 1 aliphatic rings. The molecule has 110 valence electrons. The van der Waals surface area contributed by atoms with Crippen LogP contribution in [0.1, 0.15) is 35.3 Å². The number of hydrogen-bond acceptors (Lipinski definition) is 3. The second kappa shape index (κ2) is 6.27. The van der Waals surface area contributed by atoms with Gasteiger partial charge < -0.3 is 15.0 Å². The van der Waals surface area contributed by atoms with Gasteiger partial charge in [-0.05, 0) is 51.0 Å². The summed E-state index contributed by atoms with van der Waals surface area (Å²) < 4.78 is 5.77. The maximum atomic E-state index is 12.6. The summed E-state index contributed by atoms with van der Waals surface area (Å²) in [4.78, 5) is 14.5. The summed E-state index contributed by atoms with van der Waals surface area (Å²) in [5.41, 5.74) is 2.79. The van der Waals surface area contributed by atoms with Crippen molar-refractivity contribution in [1.29, 1.82) is 0 Å². The van der Waals surface area contributed by atoms with Gasteiger partial charge in [0.15, 0.2) is 0 Å². The van der Waals surface area contributed by atoms with E-state index in [4.69, 9.17) is 4.74 Å². The zero-order chi connectivity index (χ0) is 14.7. The molecule has 1 aromatic carbocycles. The molecule has 1 fully saturated rings. The predicted octanol–water partition coefficient (Wildman–Crippen LogP) is 2.14. The lowest BCUT2D eigenvalue weighted by molar-refractivity contribution is 0.0735. The van der Waals surface area contributed by atoms with Crippen molar-refractivity contribution < 1.29 is 9.53 Å². The second-order valence-corrected chi connectivity index (χ2v) is 5.64. The molecular weight excluding hydrogens is 252 g/mol. The van der Waals surface area contributed by atoms with Gasteiger partial charge in [0.1, 0.15) is 5.75 Å². The fourth-order valence-electron chi connectivity index (χ4n) is 2.44. The highest BCUT2D eigenvalue weighted by Crippen LogP contribution is 2.25. The first-order valence-corrected chi connectivity index (χ1v) is 7.27. The molecule has 20 heavy (non-hydrogen) atoms. The van der Waals surface area contributed by atoms with Gasteiger partial charge in [-0.2, -0.15) is 0 Å². The molecule has 0 bridgehead atoms. The van der Waals surface area contributed by atoms with Crippen LogP contribution in [0.4, 0.5) is 0 Å². The summed E-state index contributed by atoms with van der Waals surface area (Å²) in [5, 5.41) is 3.26. The van der Waals surface area contributed by atoms with E-state index in [0.29, 0.717) is 0 Å². The Balaban J connectivity index is 2.23. The highest BCUT2D eigenvalue weighted by molar-refractivity contribution is 5.96. The topological polar surface area (TPSA) is 41.6 Å². The fourth-order valence-corrected chi connectivity index (χ4v) is 2.44. The van der Waals surface area contributed by atoms with Crippen molar-refractivity contribution in [3.8, 4) is 5.75 Å². The number of ether oxygens (including phenoxy) is 1. The third kappa shape index (κ3) is 3.31. The van der Waals surface area contributed by atoms with Gasteiger partial charge in [0.25, 0.3) is 5.91 Å². The van der Waals surface area contributed by atoms with Crippen molar-refractivity contribution >= 4 is 5.91 Å². The predicted molar refractivity (Wildman–Crippen MR) is 80.5 cm³/mol. The molecule has 1 aromatic rings. The summed E-state index contributed by atoms with van der Waals surface area (Å²) in [6.07, 6.45) is 0.142. The van der Waals surface area contributed by atoms with E-state index in [1.54, 1.807) is 0 Å². The van der Waals surface area contributed by atoms with Gasteiger partial charge in [-0.25, -0.2) is 0 Å². The number of piperazine rings is 1. The van der Waals surface area contributed by atoms with Crippen molar-refractivity contribution in [2.24, 2.45) is 0 Å². The second-order valence-electron chi connectivity index (χ2n) is 5.64. The number of amides is 1. The summed E-state index contributed by atoms with van der Waals surface area (Å²) in [5.74, 6) is 0.998. The number of aryl methyl sites for hydroxylation is 2. The van der Waals surface area contributed by atoms with E-state index in [-0.39, 0.29) is 12.0 Å². The smallest absolute Gasteiger partial charge is 0.254 e. The quantitative estimate of drug-likeness (QED) is 0.919. The number of carbonyl (C=O) groups excluding carboxylic acids is 1. The van der Waals surface area contributed by atoms with Crippen LogP contribution in [0.3, 0.4) is 0 Å². The molecule has 0 radical (unpaired) electrons. The first kappa shape index (κ1) is 14.9. The molecule has 1 saturated heterocycles. The lowest BCUT2D eigenvalue weighted by atomic mass is 10.0. The van der Waals surface area contributed by atoms with E-state index in [1.165, 1.54) is 0 Å². The molecule has 0 saturated carbocycles. The number of benzene rings is 1. The molecular formula is C16H24N2O2. The molecule has 0 aliphatic carbocycles. The van der Waals surface area contributed by atoms with Gasteiger partial charge in [-0.15, -0.1) is 0 Å². The molecule has 1 heterocycles. The summed E-state index contributed by atoms with van der Waals surface area (Å²) in [6.45, 7) is 11.3. The minimum Gasteiger partial charge on any atom is -0.491 e. The zero-order valence-electron chi connectivity index (χ0n) is 12.8.